The minimum absolute atomic E-state index is 0.0729. The summed E-state index contributed by atoms with van der Waals surface area (Å²) < 4.78 is 16.9. The highest BCUT2D eigenvalue weighted by Gasteiger charge is 2.19. The summed E-state index contributed by atoms with van der Waals surface area (Å²) >= 11 is 0. The Morgan fingerprint density at radius 1 is 0.256 bits per heavy atom. The molecule has 0 bridgehead atoms. The van der Waals surface area contributed by atoms with Gasteiger partial charge in [0.2, 0.25) is 0 Å². The van der Waals surface area contributed by atoms with Crippen LogP contribution in [0.3, 0.4) is 0 Å². The van der Waals surface area contributed by atoms with Crippen molar-refractivity contribution >= 4 is 17.9 Å². The van der Waals surface area contributed by atoms with Gasteiger partial charge < -0.3 is 14.2 Å². The van der Waals surface area contributed by atoms with Crippen LogP contribution in [0.2, 0.25) is 0 Å². The summed E-state index contributed by atoms with van der Waals surface area (Å²) in [6.07, 6.45) is 93.4. The summed E-state index contributed by atoms with van der Waals surface area (Å²) in [6, 6.07) is 0. The second-order valence-corrected chi connectivity index (χ2v) is 23.8. The van der Waals surface area contributed by atoms with Gasteiger partial charge in [0.05, 0.1) is 0 Å². The second-order valence-electron chi connectivity index (χ2n) is 23.8. The summed E-state index contributed by atoms with van der Waals surface area (Å²) in [4.78, 5) is 38.3. The molecule has 0 rings (SSSR count). The molecule has 0 heterocycles. The Morgan fingerprint density at radius 3 is 0.744 bits per heavy atom. The van der Waals surface area contributed by atoms with Crippen LogP contribution < -0.4 is 0 Å². The maximum Gasteiger partial charge on any atom is 0.306 e. The molecule has 0 aromatic carbocycles. The lowest BCUT2D eigenvalue weighted by Gasteiger charge is -2.18. The van der Waals surface area contributed by atoms with Gasteiger partial charge >= 0.3 is 17.9 Å². The molecule has 0 saturated heterocycles. The maximum absolute atomic E-state index is 12.9. The van der Waals surface area contributed by atoms with Crippen molar-refractivity contribution < 1.29 is 28.6 Å². The molecule has 0 fully saturated rings. The molecule has 0 saturated carbocycles. The van der Waals surface area contributed by atoms with E-state index >= 15 is 0 Å². The van der Waals surface area contributed by atoms with E-state index in [1.807, 2.05) is 0 Å². The van der Waals surface area contributed by atoms with Gasteiger partial charge in [-0.2, -0.15) is 0 Å². The fraction of sp³-hybridized carbons (Fsp3) is 0.776. The zero-order chi connectivity index (χ0) is 59.2. The molecule has 0 amide bonds. The predicted octanol–water partition coefficient (Wildman–Crippen LogP) is 24.6. The third kappa shape index (κ3) is 67.4. The summed E-state index contributed by atoms with van der Waals surface area (Å²) in [5.74, 6) is -0.862. The molecular formula is C76H134O6. The van der Waals surface area contributed by atoms with Crippen LogP contribution in [0.15, 0.2) is 85.1 Å². The van der Waals surface area contributed by atoms with Gasteiger partial charge in [-0.1, -0.05) is 350 Å². The SMILES string of the molecule is CC/C=C\C/C=C\C/C=C\C/C=C\C/C=C\C/C=C\C/C=C\CCCCCCCCCCCC(=O)OCC(COC(=O)CCCCCCCCCCC)OC(=O)CCCCCCCCCCCCCCCCCCCCCCCCCC. The molecule has 0 spiro atoms. The monoisotopic (exact) mass is 1140 g/mol. The second kappa shape index (κ2) is 70.1. The Kier molecular flexibility index (Phi) is 67.2. The first-order valence-corrected chi connectivity index (χ1v) is 35.6. The fourth-order valence-corrected chi connectivity index (χ4v) is 10.4. The summed E-state index contributed by atoms with van der Waals surface area (Å²) in [5, 5.41) is 0. The highest BCUT2D eigenvalue weighted by Crippen LogP contribution is 2.18. The van der Waals surface area contributed by atoms with Crippen molar-refractivity contribution in [1.82, 2.24) is 0 Å². The molecule has 0 aliphatic heterocycles. The van der Waals surface area contributed by atoms with Crippen molar-refractivity contribution in [2.24, 2.45) is 0 Å². The van der Waals surface area contributed by atoms with Gasteiger partial charge in [-0.3, -0.25) is 14.4 Å². The first kappa shape index (κ1) is 78.6. The number of hydrogen-bond acceptors (Lipinski definition) is 6. The Balaban J connectivity index is 4.16. The number of hydrogen-bond donors (Lipinski definition) is 0. The van der Waals surface area contributed by atoms with Crippen LogP contribution in [0.1, 0.15) is 361 Å². The van der Waals surface area contributed by atoms with Gasteiger partial charge in [-0.15, -0.1) is 0 Å². The van der Waals surface area contributed by atoms with Gasteiger partial charge in [0.25, 0.3) is 0 Å². The van der Waals surface area contributed by atoms with E-state index in [9.17, 15) is 14.4 Å². The van der Waals surface area contributed by atoms with E-state index in [4.69, 9.17) is 14.2 Å². The number of carbonyl (C=O) groups is 3. The van der Waals surface area contributed by atoms with E-state index in [1.165, 1.54) is 212 Å². The lowest BCUT2D eigenvalue weighted by molar-refractivity contribution is -0.167. The third-order valence-electron chi connectivity index (χ3n) is 15.7. The van der Waals surface area contributed by atoms with Crippen molar-refractivity contribution in [3.05, 3.63) is 85.1 Å². The van der Waals surface area contributed by atoms with Crippen molar-refractivity contribution in [3.8, 4) is 0 Å². The number of carbonyl (C=O) groups excluding carboxylic acids is 3. The first-order valence-electron chi connectivity index (χ1n) is 35.6. The van der Waals surface area contributed by atoms with Crippen LogP contribution in [0.25, 0.3) is 0 Å². The van der Waals surface area contributed by atoms with Gasteiger partial charge in [-0.05, 0) is 77.0 Å². The van der Waals surface area contributed by atoms with Crippen LogP contribution in [0.5, 0.6) is 0 Å². The molecule has 6 heteroatoms. The highest BCUT2D eigenvalue weighted by molar-refractivity contribution is 5.71. The Bertz CT molecular complexity index is 1550. The lowest BCUT2D eigenvalue weighted by atomic mass is 10.0. The molecule has 0 aromatic heterocycles. The fourth-order valence-electron chi connectivity index (χ4n) is 10.4. The average Bonchev–Trinajstić information content (AvgIpc) is 3.48. The van der Waals surface area contributed by atoms with Gasteiger partial charge in [0, 0.05) is 19.3 Å². The minimum Gasteiger partial charge on any atom is -0.462 e. The zero-order valence-corrected chi connectivity index (χ0v) is 54.5. The number of unbranched alkanes of at least 4 members (excludes halogenated alkanes) is 40. The number of ether oxygens (including phenoxy) is 3. The van der Waals surface area contributed by atoms with Crippen molar-refractivity contribution in [1.29, 1.82) is 0 Å². The van der Waals surface area contributed by atoms with E-state index in [0.29, 0.717) is 19.3 Å². The number of rotatable bonds is 65. The summed E-state index contributed by atoms with van der Waals surface area (Å²) in [6.45, 7) is 6.55. The van der Waals surface area contributed by atoms with Crippen LogP contribution >= 0.6 is 0 Å². The van der Waals surface area contributed by atoms with E-state index in [2.05, 4.69) is 106 Å². The van der Waals surface area contributed by atoms with Crippen LogP contribution in [-0.4, -0.2) is 37.2 Å². The normalized spacial score (nSPS) is 12.6. The van der Waals surface area contributed by atoms with Crippen LogP contribution in [0, 0.1) is 0 Å². The maximum atomic E-state index is 12.9. The minimum atomic E-state index is -0.776. The van der Waals surface area contributed by atoms with Crippen LogP contribution in [0.4, 0.5) is 0 Å². The lowest BCUT2D eigenvalue weighted by Crippen LogP contribution is -2.30. The van der Waals surface area contributed by atoms with E-state index in [0.717, 1.165) is 109 Å². The highest BCUT2D eigenvalue weighted by atomic mass is 16.6. The van der Waals surface area contributed by atoms with E-state index < -0.39 is 6.10 Å². The van der Waals surface area contributed by atoms with E-state index in [-0.39, 0.29) is 31.1 Å². The van der Waals surface area contributed by atoms with Gasteiger partial charge in [0.15, 0.2) is 6.10 Å². The molecule has 82 heavy (non-hydrogen) atoms. The van der Waals surface area contributed by atoms with Gasteiger partial charge in [-0.25, -0.2) is 0 Å². The van der Waals surface area contributed by atoms with Crippen molar-refractivity contribution in [3.63, 3.8) is 0 Å². The Labute approximate surface area is 509 Å². The molecule has 0 aliphatic rings. The molecular weight excluding hydrogens is 1010 g/mol. The largest absolute Gasteiger partial charge is 0.462 e. The quantitative estimate of drug-likeness (QED) is 0.0261. The average molecular weight is 1140 g/mol. The molecule has 0 aliphatic carbocycles. The van der Waals surface area contributed by atoms with E-state index in [1.54, 1.807) is 0 Å². The molecule has 6 nitrogen and oxygen atoms in total. The molecule has 0 radical (unpaired) electrons. The first-order chi connectivity index (χ1) is 40.5. The Hall–Kier alpha value is -3.41. The Morgan fingerprint density at radius 2 is 0.476 bits per heavy atom. The summed E-state index contributed by atoms with van der Waals surface area (Å²) in [5.41, 5.74) is 0. The van der Waals surface area contributed by atoms with Crippen LogP contribution in [-0.2, 0) is 28.6 Å². The third-order valence-corrected chi connectivity index (χ3v) is 15.7. The standard InChI is InChI=1S/C76H134O6/c1-4-7-10-13-16-19-21-23-25-27-29-31-33-35-36-37-38-39-40-41-43-44-46-48-50-52-54-57-60-63-66-69-75(78)81-72-73(71-80-74(77)68-65-62-59-56-18-15-12-9-6-3)82-76(79)70-67-64-61-58-55-53-51-49-47-45-42-34-32-30-28-26-24-22-20-17-14-11-8-5-2/h7,10,16,19,23,25,29,31,35-36,38-39,41,43,73H,4-6,8-9,11-15,17-18,20-22,24,26-28,30,32-34,37,40,42,44-72H2,1-3H3/b10-7-,19-16-,25-23-,31-29-,36-35-,39-38-,43-41-. The number of allylic oxidation sites excluding steroid dienone is 14. The topological polar surface area (TPSA) is 78.9 Å². The molecule has 0 aromatic rings. The van der Waals surface area contributed by atoms with Gasteiger partial charge in [0.1, 0.15) is 13.2 Å². The predicted molar refractivity (Wildman–Crippen MR) is 358 cm³/mol. The molecule has 0 N–H and O–H groups in total. The summed E-state index contributed by atoms with van der Waals surface area (Å²) in [7, 11) is 0. The van der Waals surface area contributed by atoms with Crippen molar-refractivity contribution in [2.75, 3.05) is 13.2 Å². The molecule has 474 valence electrons. The van der Waals surface area contributed by atoms with Crippen molar-refractivity contribution in [2.45, 2.75) is 367 Å². The zero-order valence-electron chi connectivity index (χ0n) is 54.5. The molecule has 1 atom stereocenters. The number of esters is 3. The smallest absolute Gasteiger partial charge is 0.306 e. The molecule has 1 unspecified atom stereocenters.